The van der Waals surface area contributed by atoms with Crippen LogP contribution in [-0.2, 0) is 4.79 Å². The van der Waals surface area contributed by atoms with E-state index in [-0.39, 0.29) is 11.7 Å². The van der Waals surface area contributed by atoms with Gasteiger partial charge >= 0.3 is 0 Å². The number of nitrogens with one attached hydrogen (secondary N) is 1. The number of hydrogen-bond acceptors (Lipinski definition) is 4. The van der Waals surface area contributed by atoms with Gasteiger partial charge in [0.2, 0.25) is 5.91 Å². The number of aromatic nitrogens is 1. The van der Waals surface area contributed by atoms with Crippen molar-refractivity contribution in [2.24, 2.45) is 0 Å². The lowest BCUT2D eigenvalue weighted by Crippen LogP contribution is -2.14. The average molecular weight is 319 g/mol. The van der Waals surface area contributed by atoms with Crippen molar-refractivity contribution in [3.05, 3.63) is 53.6 Å². The van der Waals surface area contributed by atoms with E-state index < -0.39 is 0 Å². The first-order chi connectivity index (χ1) is 10.2. The summed E-state index contributed by atoms with van der Waals surface area (Å²) in [5.74, 6) is 0.0493. The molecule has 0 aliphatic heterocycles. The molecule has 0 saturated heterocycles. The van der Waals surface area contributed by atoms with E-state index in [1.165, 1.54) is 11.8 Å². The first-order valence-corrected chi connectivity index (χ1v) is 7.61. The van der Waals surface area contributed by atoms with Crippen LogP contribution in [0.1, 0.15) is 0 Å². The number of fused-ring (bicyclic) bond motifs is 1. The number of hydrogen-bond donors (Lipinski definition) is 1. The molecule has 0 fully saturated rings. The van der Waals surface area contributed by atoms with E-state index in [4.69, 9.17) is 16.0 Å². The molecule has 0 unspecified atom stereocenters. The number of para-hydroxylation sites is 3. The van der Waals surface area contributed by atoms with Crippen molar-refractivity contribution in [2.45, 2.75) is 5.22 Å². The number of nitrogens with zero attached hydrogens (tertiary/aromatic N) is 1. The van der Waals surface area contributed by atoms with Gasteiger partial charge in [0.25, 0.3) is 5.22 Å². The fourth-order valence-corrected chi connectivity index (χ4v) is 2.61. The summed E-state index contributed by atoms with van der Waals surface area (Å²) in [6, 6.07) is 14.6. The Morgan fingerprint density at radius 2 is 1.95 bits per heavy atom. The molecule has 2 aromatic carbocycles. The van der Waals surface area contributed by atoms with Gasteiger partial charge in [-0.1, -0.05) is 47.6 Å². The molecule has 21 heavy (non-hydrogen) atoms. The first kappa shape index (κ1) is 14.0. The molecule has 106 valence electrons. The number of halogens is 1. The summed E-state index contributed by atoms with van der Waals surface area (Å²) in [7, 11) is 0. The van der Waals surface area contributed by atoms with Crippen LogP contribution >= 0.6 is 23.4 Å². The zero-order chi connectivity index (χ0) is 14.7. The van der Waals surface area contributed by atoms with Gasteiger partial charge in [0.15, 0.2) is 5.58 Å². The summed E-state index contributed by atoms with van der Waals surface area (Å²) in [6.45, 7) is 0. The Kier molecular flexibility index (Phi) is 4.13. The lowest BCUT2D eigenvalue weighted by atomic mass is 10.3. The van der Waals surface area contributed by atoms with Crippen LogP contribution in [0.4, 0.5) is 5.69 Å². The van der Waals surface area contributed by atoms with Crippen LogP contribution in [0.3, 0.4) is 0 Å². The lowest BCUT2D eigenvalue weighted by Gasteiger charge is -2.05. The highest BCUT2D eigenvalue weighted by atomic mass is 35.5. The van der Waals surface area contributed by atoms with E-state index in [1.807, 2.05) is 36.4 Å². The number of rotatable bonds is 4. The zero-order valence-corrected chi connectivity index (χ0v) is 12.4. The minimum Gasteiger partial charge on any atom is -0.431 e. The zero-order valence-electron chi connectivity index (χ0n) is 10.9. The molecule has 0 radical (unpaired) electrons. The van der Waals surface area contributed by atoms with E-state index in [0.717, 1.165) is 5.52 Å². The molecule has 0 aliphatic rings. The molecule has 3 aromatic rings. The molecule has 0 aliphatic carbocycles. The maximum absolute atomic E-state index is 11.9. The molecule has 0 spiro atoms. The number of benzene rings is 2. The standard InChI is InChI=1S/C15H11ClN2O2S/c16-10-5-1-2-6-11(10)17-14(19)9-21-15-18-12-7-3-4-8-13(12)20-15/h1-8H,9H2,(H,17,19). The maximum Gasteiger partial charge on any atom is 0.257 e. The highest BCUT2D eigenvalue weighted by molar-refractivity contribution is 7.99. The Labute approximate surface area is 130 Å². The number of carbonyl (C=O) groups excluding carboxylic acids is 1. The van der Waals surface area contributed by atoms with Gasteiger partial charge in [-0.15, -0.1) is 0 Å². The van der Waals surface area contributed by atoms with Gasteiger partial charge in [-0.05, 0) is 24.3 Å². The van der Waals surface area contributed by atoms with E-state index in [2.05, 4.69) is 10.3 Å². The molecule has 1 aromatic heterocycles. The Morgan fingerprint density at radius 3 is 2.76 bits per heavy atom. The number of oxazole rings is 1. The molecule has 0 atom stereocenters. The number of anilines is 1. The Morgan fingerprint density at radius 1 is 1.19 bits per heavy atom. The number of thioether (sulfide) groups is 1. The van der Waals surface area contributed by atoms with Gasteiger partial charge in [0.05, 0.1) is 16.5 Å². The van der Waals surface area contributed by atoms with Gasteiger partial charge < -0.3 is 9.73 Å². The second-order valence-corrected chi connectivity index (χ2v) is 5.60. The summed E-state index contributed by atoms with van der Waals surface area (Å²) in [4.78, 5) is 16.2. The van der Waals surface area contributed by atoms with E-state index in [1.54, 1.807) is 12.1 Å². The molecule has 1 N–H and O–H groups in total. The van der Waals surface area contributed by atoms with Crippen molar-refractivity contribution < 1.29 is 9.21 Å². The van der Waals surface area contributed by atoms with Crippen LogP contribution in [0.25, 0.3) is 11.1 Å². The average Bonchev–Trinajstić information content (AvgIpc) is 2.90. The second kappa shape index (κ2) is 6.20. The number of amides is 1. The Bertz CT molecular complexity index is 755. The minimum absolute atomic E-state index is 0.157. The highest BCUT2D eigenvalue weighted by Crippen LogP contribution is 2.24. The van der Waals surface area contributed by atoms with Gasteiger partial charge in [-0.2, -0.15) is 0 Å². The van der Waals surface area contributed by atoms with Crippen molar-refractivity contribution in [3.63, 3.8) is 0 Å². The fraction of sp³-hybridized carbons (Fsp3) is 0.0667. The lowest BCUT2D eigenvalue weighted by molar-refractivity contribution is -0.113. The molecular weight excluding hydrogens is 308 g/mol. The third-order valence-electron chi connectivity index (χ3n) is 2.75. The summed E-state index contributed by atoms with van der Waals surface area (Å²) in [6.07, 6.45) is 0. The third kappa shape index (κ3) is 3.37. The van der Waals surface area contributed by atoms with Crippen LogP contribution in [-0.4, -0.2) is 16.6 Å². The van der Waals surface area contributed by atoms with Crippen molar-refractivity contribution >= 4 is 46.1 Å². The van der Waals surface area contributed by atoms with Crippen LogP contribution in [0.5, 0.6) is 0 Å². The van der Waals surface area contributed by atoms with Gasteiger partial charge in [-0.25, -0.2) is 4.98 Å². The predicted octanol–water partition coefficient (Wildman–Crippen LogP) is 4.21. The van der Waals surface area contributed by atoms with Crippen LogP contribution < -0.4 is 5.32 Å². The molecule has 6 heteroatoms. The molecule has 3 rings (SSSR count). The highest BCUT2D eigenvalue weighted by Gasteiger charge is 2.10. The number of carbonyl (C=O) groups is 1. The normalized spacial score (nSPS) is 10.7. The van der Waals surface area contributed by atoms with E-state index >= 15 is 0 Å². The van der Waals surface area contributed by atoms with Crippen LogP contribution in [0, 0.1) is 0 Å². The van der Waals surface area contributed by atoms with Crippen molar-refractivity contribution in [2.75, 3.05) is 11.1 Å². The minimum atomic E-state index is -0.157. The summed E-state index contributed by atoms with van der Waals surface area (Å²) >= 11 is 7.23. The van der Waals surface area contributed by atoms with Crippen molar-refractivity contribution in [1.82, 2.24) is 4.98 Å². The van der Waals surface area contributed by atoms with E-state index in [9.17, 15) is 4.79 Å². The SMILES string of the molecule is O=C(CSc1nc2ccccc2o1)Nc1ccccc1Cl. The van der Waals surface area contributed by atoms with Gasteiger partial charge in [0, 0.05) is 0 Å². The first-order valence-electron chi connectivity index (χ1n) is 6.25. The Hall–Kier alpha value is -1.98. The quantitative estimate of drug-likeness (QED) is 0.732. The van der Waals surface area contributed by atoms with Crippen LogP contribution in [0.15, 0.2) is 58.2 Å². The molecule has 1 amide bonds. The topological polar surface area (TPSA) is 55.1 Å². The largest absolute Gasteiger partial charge is 0.431 e. The third-order valence-corrected chi connectivity index (χ3v) is 3.91. The molecule has 1 heterocycles. The second-order valence-electron chi connectivity index (χ2n) is 4.26. The summed E-state index contributed by atoms with van der Waals surface area (Å²) in [5.41, 5.74) is 2.10. The maximum atomic E-state index is 11.9. The Balaban J connectivity index is 1.62. The fourth-order valence-electron chi connectivity index (χ4n) is 1.79. The van der Waals surface area contributed by atoms with E-state index in [0.29, 0.717) is 21.5 Å². The summed E-state index contributed by atoms with van der Waals surface area (Å²) in [5, 5.41) is 3.74. The van der Waals surface area contributed by atoms with Crippen molar-refractivity contribution in [3.8, 4) is 0 Å². The van der Waals surface area contributed by atoms with Gasteiger partial charge in [-0.3, -0.25) is 4.79 Å². The molecule has 4 nitrogen and oxygen atoms in total. The summed E-state index contributed by atoms with van der Waals surface area (Å²) < 4.78 is 5.54. The smallest absolute Gasteiger partial charge is 0.257 e. The van der Waals surface area contributed by atoms with Gasteiger partial charge in [0.1, 0.15) is 5.52 Å². The molecule has 0 bridgehead atoms. The monoisotopic (exact) mass is 318 g/mol. The van der Waals surface area contributed by atoms with Crippen LogP contribution in [0.2, 0.25) is 5.02 Å². The predicted molar refractivity (Wildman–Crippen MR) is 84.8 cm³/mol. The molecule has 0 saturated carbocycles. The molecular formula is C15H11ClN2O2S. The van der Waals surface area contributed by atoms with Crippen molar-refractivity contribution in [1.29, 1.82) is 0 Å².